The van der Waals surface area contributed by atoms with Gasteiger partial charge in [-0.25, -0.2) is 16.8 Å². The van der Waals surface area contributed by atoms with E-state index >= 15 is 0 Å². The zero-order valence-electron chi connectivity index (χ0n) is 23.7. The molecule has 3 aromatic carbocycles. The maximum absolute atomic E-state index is 13.8. The van der Waals surface area contributed by atoms with Gasteiger partial charge in [-0.3, -0.25) is 0 Å². The van der Waals surface area contributed by atoms with Crippen LogP contribution in [0.15, 0.2) is 76.5 Å². The zero-order valence-corrected chi connectivity index (χ0v) is 25.4. The molecule has 0 unspecified atom stereocenters. The Bertz CT molecular complexity index is 1580. The van der Waals surface area contributed by atoms with E-state index in [1.54, 1.807) is 51.3 Å². The van der Waals surface area contributed by atoms with Gasteiger partial charge in [0.25, 0.3) is 0 Å². The minimum Gasteiger partial charge on any atom is -0.497 e. The number of hydrogen-bond acceptors (Lipinski definition) is 8. The lowest BCUT2D eigenvalue weighted by Crippen LogP contribution is -2.50. The summed E-state index contributed by atoms with van der Waals surface area (Å²) in [5.41, 5.74) is 1.41. The molecule has 1 N–H and O–H groups in total. The van der Waals surface area contributed by atoms with E-state index in [0.717, 1.165) is 5.56 Å². The molecule has 0 saturated heterocycles. The van der Waals surface area contributed by atoms with E-state index in [-0.39, 0.29) is 35.2 Å². The number of ether oxygens (including phenoxy) is 3. The summed E-state index contributed by atoms with van der Waals surface area (Å²) in [6, 6.07) is 17.5. The molecule has 0 fully saturated rings. The van der Waals surface area contributed by atoms with E-state index in [4.69, 9.17) is 14.2 Å². The summed E-state index contributed by atoms with van der Waals surface area (Å²) in [6.07, 6.45) is -0.719. The second kappa shape index (κ2) is 12.4. The second-order valence-corrected chi connectivity index (χ2v) is 14.0. The van der Waals surface area contributed by atoms with E-state index in [9.17, 15) is 21.9 Å². The molecule has 0 amide bonds. The van der Waals surface area contributed by atoms with Crippen LogP contribution in [0.2, 0.25) is 0 Å². The number of sulfonamides is 2. The molecule has 222 valence electrons. The Morgan fingerprint density at radius 3 is 2.39 bits per heavy atom. The summed E-state index contributed by atoms with van der Waals surface area (Å²) in [6.45, 7) is 3.04. The highest BCUT2D eigenvalue weighted by Gasteiger charge is 2.39. The summed E-state index contributed by atoms with van der Waals surface area (Å²) in [5, 5.41) is 9.90. The van der Waals surface area contributed by atoms with E-state index in [1.165, 1.54) is 41.0 Å². The molecule has 3 atom stereocenters. The van der Waals surface area contributed by atoms with Gasteiger partial charge in [0.1, 0.15) is 28.2 Å². The number of para-hydroxylation sites is 1. The first-order chi connectivity index (χ1) is 19.4. The van der Waals surface area contributed by atoms with Crippen LogP contribution < -0.4 is 14.2 Å². The molecule has 0 radical (unpaired) electrons. The van der Waals surface area contributed by atoms with E-state index in [2.05, 4.69) is 0 Å². The highest BCUT2D eigenvalue weighted by molar-refractivity contribution is 7.89. The van der Waals surface area contributed by atoms with E-state index in [1.807, 2.05) is 18.2 Å². The number of nitrogens with zero attached hydrogens (tertiary/aromatic N) is 2. The van der Waals surface area contributed by atoms with Crippen LogP contribution >= 0.6 is 0 Å². The summed E-state index contributed by atoms with van der Waals surface area (Å²) in [7, 11) is -3.43. The lowest BCUT2D eigenvalue weighted by Gasteiger charge is -2.37. The van der Waals surface area contributed by atoms with Crippen LogP contribution in [0.3, 0.4) is 0 Å². The van der Waals surface area contributed by atoms with Crippen molar-refractivity contribution in [2.45, 2.75) is 35.8 Å². The number of fused-ring (bicyclic) bond motifs is 1. The minimum absolute atomic E-state index is 0.0266. The molecule has 1 aliphatic rings. The first kappa shape index (κ1) is 30.8. The summed E-state index contributed by atoms with van der Waals surface area (Å²) < 4.78 is 74.0. The molecule has 1 aliphatic heterocycles. The number of benzene rings is 3. The van der Waals surface area contributed by atoms with Gasteiger partial charge in [0.05, 0.1) is 32.3 Å². The number of rotatable bonds is 9. The monoisotopic (exact) mass is 604 g/mol. The first-order valence-corrected chi connectivity index (χ1v) is 16.0. The number of aliphatic hydroxyl groups is 1. The van der Waals surface area contributed by atoms with Crippen molar-refractivity contribution in [3.8, 4) is 28.4 Å². The Kier molecular flexibility index (Phi) is 9.29. The van der Waals surface area contributed by atoms with Crippen LogP contribution in [-0.2, 0) is 20.0 Å². The normalized spacial score (nSPS) is 19.9. The molecular formula is C29H36N2O8S2. The van der Waals surface area contributed by atoms with Gasteiger partial charge in [-0.05, 0) is 55.0 Å². The number of likely N-dealkylation sites (N-methyl/N-ethyl adjacent to an activating group) is 1. The smallest absolute Gasteiger partial charge is 0.247 e. The number of methoxy groups -OCH3 is 2. The molecule has 10 nitrogen and oxygen atoms in total. The van der Waals surface area contributed by atoms with Gasteiger partial charge in [-0.2, -0.15) is 8.61 Å². The van der Waals surface area contributed by atoms with Crippen LogP contribution in [0.4, 0.5) is 0 Å². The molecule has 0 bridgehead atoms. The van der Waals surface area contributed by atoms with Gasteiger partial charge in [0.2, 0.25) is 20.0 Å². The fourth-order valence-electron chi connectivity index (χ4n) is 4.77. The molecule has 0 aliphatic carbocycles. The van der Waals surface area contributed by atoms with Gasteiger partial charge in [-0.15, -0.1) is 0 Å². The third-order valence-corrected chi connectivity index (χ3v) is 11.1. The van der Waals surface area contributed by atoms with Crippen molar-refractivity contribution in [3.63, 3.8) is 0 Å². The van der Waals surface area contributed by atoms with Gasteiger partial charge in [0.15, 0.2) is 0 Å². The molecule has 12 heteroatoms. The molecular weight excluding hydrogens is 568 g/mol. The van der Waals surface area contributed by atoms with Crippen molar-refractivity contribution in [1.82, 2.24) is 8.61 Å². The largest absolute Gasteiger partial charge is 0.497 e. The standard InChI is InChI=1S/C29H36N2O8S2/c1-20-17-31(21(2)19-32)41(35,36)29-15-10-22(25-8-6-7-9-26(25)38-5)16-27(29)39-28(20)18-30(3)40(33,34)24-13-11-23(37-4)12-14-24/h6-16,20-21,28,32H,17-19H2,1-5H3/t20-,21-,28-/m0/s1. The molecule has 1 heterocycles. The van der Waals surface area contributed by atoms with Gasteiger partial charge < -0.3 is 19.3 Å². The first-order valence-electron chi connectivity index (χ1n) is 13.1. The minimum atomic E-state index is -4.06. The predicted octanol–water partition coefficient (Wildman–Crippen LogP) is 3.46. The predicted molar refractivity (Wildman–Crippen MR) is 155 cm³/mol. The van der Waals surface area contributed by atoms with Crippen molar-refractivity contribution < 1.29 is 36.2 Å². The molecule has 0 aromatic heterocycles. The second-order valence-electron chi connectivity index (χ2n) is 10.1. The quantitative estimate of drug-likeness (QED) is 0.394. The van der Waals surface area contributed by atoms with Crippen molar-refractivity contribution >= 4 is 20.0 Å². The lowest BCUT2D eigenvalue weighted by molar-refractivity contribution is 0.0905. The van der Waals surface area contributed by atoms with Crippen LogP contribution in [0.1, 0.15) is 13.8 Å². The van der Waals surface area contributed by atoms with Gasteiger partial charge in [-0.1, -0.05) is 31.2 Å². The molecule has 3 aromatic rings. The molecule has 0 spiro atoms. The average molecular weight is 605 g/mol. The molecule has 0 saturated carbocycles. The number of aliphatic hydroxyl groups excluding tert-OH is 1. The van der Waals surface area contributed by atoms with Crippen molar-refractivity contribution in [3.05, 3.63) is 66.7 Å². The lowest BCUT2D eigenvalue weighted by atomic mass is 10.0. The highest BCUT2D eigenvalue weighted by Crippen LogP contribution is 2.39. The SMILES string of the molecule is COc1ccc(S(=O)(=O)N(C)C[C@@H]2Oc3cc(-c4ccccc4OC)ccc3S(=O)(=O)N([C@@H](C)CO)C[C@@H]2C)cc1. The van der Waals surface area contributed by atoms with E-state index < -0.39 is 38.1 Å². The summed E-state index contributed by atoms with van der Waals surface area (Å²) in [4.78, 5) is 0.0327. The van der Waals surface area contributed by atoms with Crippen LogP contribution in [-0.4, -0.2) is 83.7 Å². The Morgan fingerprint density at radius 1 is 1.07 bits per heavy atom. The Labute approximate surface area is 242 Å². The maximum Gasteiger partial charge on any atom is 0.247 e. The third kappa shape index (κ3) is 6.21. The third-order valence-electron chi connectivity index (χ3n) is 7.29. The van der Waals surface area contributed by atoms with Crippen LogP contribution in [0.25, 0.3) is 11.1 Å². The maximum atomic E-state index is 13.8. The topological polar surface area (TPSA) is 123 Å². The zero-order chi connectivity index (χ0) is 29.9. The van der Waals surface area contributed by atoms with Crippen LogP contribution in [0.5, 0.6) is 17.2 Å². The Hall–Kier alpha value is -3.16. The Balaban J connectivity index is 1.77. The average Bonchev–Trinajstić information content (AvgIpc) is 2.98. The van der Waals surface area contributed by atoms with Gasteiger partial charge >= 0.3 is 0 Å². The molecule has 41 heavy (non-hydrogen) atoms. The van der Waals surface area contributed by atoms with Gasteiger partial charge in [0, 0.05) is 31.1 Å². The molecule has 4 rings (SSSR count). The Morgan fingerprint density at radius 2 is 1.76 bits per heavy atom. The van der Waals surface area contributed by atoms with Crippen LogP contribution in [0, 0.1) is 5.92 Å². The van der Waals surface area contributed by atoms with E-state index in [0.29, 0.717) is 17.1 Å². The van der Waals surface area contributed by atoms with Crippen molar-refractivity contribution in [2.75, 3.05) is 41.0 Å². The van der Waals surface area contributed by atoms with Crippen molar-refractivity contribution in [1.29, 1.82) is 0 Å². The fourth-order valence-corrected chi connectivity index (χ4v) is 7.78. The number of hydrogen-bond donors (Lipinski definition) is 1. The van der Waals surface area contributed by atoms with Crippen molar-refractivity contribution in [2.24, 2.45) is 5.92 Å². The fraction of sp³-hybridized carbons (Fsp3) is 0.379. The highest BCUT2D eigenvalue weighted by atomic mass is 32.2. The summed E-state index contributed by atoms with van der Waals surface area (Å²) >= 11 is 0. The summed E-state index contributed by atoms with van der Waals surface area (Å²) in [5.74, 6) is 0.794.